The molecule has 0 saturated carbocycles. The molecule has 1 spiro atoms. The molecule has 0 bridgehead atoms. The summed E-state index contributed by atoms with van der Waals surface area (Å²) >= 11 is 0. The number of fused-ring (bicyclic) bond motifs is 4. The fraction of sp³-hybridized carbons (Fsp3) is 0.227. The topological polar surface area (TPSA) is 45.1 Å². The van der Waals surface area contributed by atoms with E-state index in [9.17, 15) is 5.11 Å². The van der Waals surface area contributed by atoms with E-state index in [1.807, 2.05) is 24.4 Å². The van der Waals surface area contributed by atoms with Gasteiger partial charge in [0.2, 0.25) is 5.72 Å². The van der Waals surface area contributed by atoms with Gasteiger partial charge in [0.05, 0.1) is 6.21 Å². The van der Waals surface area contributed by atoms with Gasteiger partial charge in [-0.2, -0.15) is 0 Å². The third-order valence-corrected chi connectivity index (χ3v) is 5.82. The van der Waals surface area contributed by atoms with Gasteiger partial charge in [0.25, 0.3) is 0 Å². The second kappa shape index (κ2) is 5.01. The second-order valence-electron chi connectivity index (χ2n) is 7.26. The number of hydrogen-bond acceptors (Lipinski definition) is 4. The van der Waals surface area contributed by atoms with Gasteiger partial charge in [-0.15, -0.1) is 0 Å². The van der Waals surface area contributed by atoms with E-state index in [0.717, 1.165) is 28.6 Å². The van der Waals surface area contributed by atoms with E-state index < -0.39 is 5.72 Å². The van der Waals surface area contributed by atoms with Gasteiger partial charge in [0.15, 0.2) is 0 Å². The van der Waals surface area contributed by atoms with Crippen molar-refractivity contribution in [2.75, 3.05) is 11.9 Å². The van der Waals surface area contributed by atoms with Gasteiger partial charge in [0, 0.05) is 24.5 Å². The maximum absolute atomic E-state index is 9.71. The van der Waals surface area contributed by atoms with Crippen molar-refractivity contribution in [3.8, 4) is 11.5 Å². The van der Waals surface area contributed by atoms with Crippen LogP contribution in [0, 0.1) is 13.8 Å². The number of anilines is 1. The summed E-state index contributed by atoms with van der Waals surface area (Å²) < 4.78 is 6.52. The minimum Gasteiger partial charge on any atom is -0.508 e. The molecule has 4 nitrogen and oxygen atoms in total. The Bertz CT molecular complexity index is 1100. The Balaban J connectivity index is 1.63. The minimum absolute atomic E-state index is 0.256. The Labute approximate surface area is 152 Å². The highest BCUT2D eigenvalue weighted by Crippen LogP contribution is 2.47. The van der Waals surface area contributed by atoms with E-state index in [1.54, 1.807) is 12.1 Å². The van der Waals surface area contributed by atoms with Gasteiger partial charge >= 0.3 is 0 Å². The summed E-state index contributed by atoms with van der Waals surface area (Å²) in [6.07, 6.45) is 2.71. The van der Waals surface area contributed by atoms with Gasteiger partial charge in [-0.3, -0.25) is 4.99 Å². The van der Waals surface area contributed by atoms with Crippen LogP contribution in [0.4, 0.5) is 11.4 Å². The normalized spacial score (nSPS) is 20.3. The standard InChI is InChI=1S/C22H20N2O2/c1-13-4-8-19-18(14(13)2)11-22(24(19)3)12-23-21-17-7-6-16(25)10-15(17)5-9-20(21)26-22/h4-10,12,25H,11H2,1-3H3. The summed E-state index contributed by atoms with van der Waals surface area (Å²) in [5.41, 5.74) is 5.39. The van der Waals surface area contributed by atoms with Crippen molar-refractivity contribution in [2.45, 2.75) is 26.0 Å². The monoisotopic (exact) mass is 344 g/mol. The van der Waals surface area contributed by atoms with Crippen molar-refractivity contribution >= 4 is 28.4 Å². The van der Waals surface area contributed by atoms with Crippen molar-refractivity contribution in [3.05, 3.63) is 59.2 Å². The van der Waals surface area contributed by atoms with Crippen molar-refractivity contribution in [2.24, 2.45) is 4.99 Å². The minimum atomic E-state index is -0.585. The molecule has 3 aromatic rings. The lowest BCUT2D eigenvalue weighted by Gasteiger charge is -2.37. The molecule has 5 rings (SSSR count). The number of nitrogens with zero attached hydrogens (tertiary/aromatic N) is 2. The molecule has 2 heterocycles. The van der Waals surface area contributed by atoms with Crippen molar-refractivity contribution in [1.82, 2.24) is 0 Å². The van der Waals surface area contributed by atoms with Crippen LogP contribution in [-0.4, -0.2) is 24.1 Å². The Morgan fingerprint density at radius 2 is 1.96 bits per heavy atom. The third-order valence-electron chi connectivity index (χ3n) is 5.82. The molecule has 0 radical (unpaired) electrons. The highest BCUT2D eigenvalue weighted by molar-refractivity contribution is 5.99. The summed E-state index contributed by atoms with van der Waals surface area (Å²) in [5.74, 6) is 1.03. The Morgan fingerprint density at radius 1 is 1.12 bits per heavy atom. The van der Waals surface area contributed by atoms with Crippen LogP contribution < -0.4 is 9.64 Å². The average Bonchev–Trinajstić information content (AvgIpc) is 2.90. The lowest BCUT2D eigenvalue weighted by atomic mass is 9.98. The first-order valence-electron chi connectivity index (χ1n) is 8.81. The number of benzene rings is 3. The van der Waals surface area contributed by atoms with Crippen molar-refractivity contribution in [1.29, 1.82) is 0 Å². The fourth-order valence-corrected chi connectivity index (χ4v) is 4.09. The number of likely N-dealkylation sites (N-methyl/N-ethyl adjacent to an activating group) is 1. The van der Waals surface area contributed by atoms with Crippen LogP contribution in [0.3, 0.4) is 0 Å². The number of aromatic hydroxyl groups is 1. The molecule has 1 atom stereocenters. The molecule has 3 aromatic carbocycles. The lowest BCUT2D eigenvalue weighted by Crippen LogP contribution is -2.52. The van der Waals surface area contributed by atoms with Gasteiger partial charge < -0.3 is 14.7 Å². The molecule has 26 heavy (non-hydrogen) atoms. The molecule has 0 amide bonds. The smallest absolute Gasteiger partial charge is 0.223 e. The van der Waals surface area contributed by atoms with E-state index in [0.29, 0.717) is 0 Å². The molecule has 0 aromatic heterocycles. The maximum atomic E-state index is 9.71. The first kappa shape index (κ1) is 15.3. The van der Waals surface area contributed by atoms with Crippen LogP contribution >= 0.6 is 0 Å². The molecule has 130 valence electrons. The van der Waals surface area contributed by atoms with E-state index in [4.69, 9.17) is 9.73 Å². The Morgan fingerprint density at radius 3 is 2.81 bits per heavy atom. The SMILES string of the molecule is Cc1ccc2c(c1C)CC1(C=Nc3c(ccc4cc(O)ccc34)O1)N2C. The molecule has 2 aliphatic heterocycles. The number of phenols is 1. The van der Waals surface area contributed by atoms with E-state index in [2.05, 4.69) is 37.9 Å². The number of rotatable bonds is 0. The number of aryl methyl sites for hydroxylation is 1. The molecule has 2 aliphatic rings. The number of phenolic OH excluding ortho intramolecular Hbond substituents is 1. The van der Waals surface area contributed by atoms with Crippen LogP contribution in [0.15, 0.2) is 47.5 Å². The summed E-state index contributed by atoms with van der Waals surface area (Å²) in [7, 11) is 2.07. The van der Waals surface area contributed by atoms with E-state index in [-0.39, 0.29) is 5.75 Å². The van der Waals surface area contributed by atoms with Gasteiger partial charge in [-0.25, -0.2) is 0 Å². The third kappa shape index (κ3) is 1.93. The average molecular weight is 344 g/mol. The first-order chi connectivity index (χ1) is 12.5. The zero-order valence-electron chi connectivity index (χ0n) is 15.1. The maximum Gasteiger partial charge on any atom is 0.223 e. The summed E-state index contributed by atoms with van der Waals surface area (Å²) in [5, 5.41) is 11.6. The zero-order valence-corrected chi connectivity index (χ0v) is 15.1. The predicted octanol–water partition coefficient (Wildman–Crippen LogP) is 4.65. The van der Waals surface area contributed by atoms with Crippen molar-refractivity contribution < 1.29 is 9.84 Å². The van der Waals surface area contributed by atoms with Gasteiger partial charge in [-0.1, -0.05) is 12.1 Å². The molecule has 0 fully saturated rings. The molecule has 0 aliphatic carbocycles. The van der Waals surface area contributed by atoms with Gasteiger partial charge in [-0.05, 0) is 66.3 Å². The lowest BCUT2D eigenvalue weighted by molar-refractivity contribution is 0.153. The highest BCUT2D eigenvalue weighted by atomic mass is 16.5. The summed E-state index contributed by atoms with van der Waals surface area (Å²) in [4.78, 5) is 6.98. The van der Waals surface area contributed by atoms with Gasteiger partial charge in [0.1, 0.15) is 17.2 Å². The van der Waals surface area contributed by atoms with Crippen LogP contribution in [0.5, 0.6) is 11.5 Å². The number of aliphatic imine (C=N–C) groups is 1. The molecule has 4 heteroatoms. The number of ether oxygens (including phenoxy) is 1. The van der Waals surface area contributed by atoms with Crippen LogP contribution in [-0.2, 0) is 6.42 Å². The van der Waals surface area contributed by atoms with Crippen LogP contribution in [0.2, 0.25) is 0 Å². The van der Waals surface area contributed by atoms with E-state index in [1.165, 1.54) is 22.4 Å². The quantitative estimate of drug-likeness (QED) is 0.646. The second-order valence-corrected chi connectivity index (χ2v) is 7.26. The number of hydrogen-bond donors (Lipinski definition) is 1. The summed E-state index contributed by atoms with van der Waals surface area (Å²) in [6.45, 7) is 4.32. The van der Waals surface area contributed by atoms with Crippen molar-refractivity contribution in [3.63, 3.8) is 0 Å². The molecular weight excluding hydrogens is 324 g/mol. The van der Waals surface area contributed by atoms with Crippen LogP contribution in [0.1, 0.15) is 16.7 Å². The molecule has 1 unspecified atom stereocenters. The zero-order chi connectivity index (χ0) is 18.1. The Hall–Kier alpha value is -3.01. The summed E-state index contributed by atoms with van der Waals surface area (Å²) in [6, 6.07) is 13.6. The largest absolute Gasteiger partial charge is 0.508 e. The van der Waals surface area contributed by atoms with E-state index >= 15 is 0 Å². The first-order valence-corrected chi connectivity index (χ1v) is 8.81. The molecular formula is C22H20N2O2. The highest BCUT2D eigenvalue weighted by Gasteiger charge is 2.45. The van der Waals surface area contributed by atoms with Crippen LogP contribution in [0.25, 0.3) is 10.8 Å². The molecule has 0 saturated heterocycles. The molecule has 1 N–H and O–H groups in total. The Kier molecular flexibility index (Phi) is 2.94. The fourth-order valence-electron chi connectivity index (χ4n) is 4.09. The predicted molar refractivity (Wildman–Crippen MR) is 105 cm³/mol.